The molecule has 0 spiro atoms. The minimum atomic E-state index is -1.07. The number of aliphatic carboxylic acids is 1. The van der Waals surface area contributed by atoms with Crippen LogP contribution in [0.25, 0.3) is 0 Å². The van der Waals surface area contributed by atoms with Gasteiger partial charge in [-0.25, -0.2) is 4.79 Å². The van der Waals surface area contributed by atoms with E-state index in [0.717, 1.165) is 0 Å². The zero-order valence-corrected chi connectivity index (χ0v) is 9.36. The van der Waals surface area contributed by atoms with E-state index in [1.807, 2.05) is 0 Å². The fourth-order valence-electron chi connectivity index (χ4n) is 0.936. The van der Waals surface area contributed by atoms with Gasteiger partial charge in [0.15, 0.2) is 5.82 Å². The van der Waals surface area contributed by atoms with Crippen molar-refractivity contribution >= 4 is 24.1 Å². The van der Waals surface area contributed by atoms with Gasteiger partial charge in [0.1, 0.15) is 6.04 Å². The molecule has 0 saturated carbocycles. The molecule has 1 aromatic rings. The first-order valence-corrected chi connectivity index (χ1v) is 5.58. The molecule has 8 heteroatoms. The van der Waals surface area contributed by atoms with Crippen LogP contribution in [-0.2, 0) is 15.3 Å². The Bertz CT molecular complexity index is 368. The standard InChI is InChI=1S/C8H11N3O4S/c1-5-10-7(15-11-5)3-16-2-6(8(13)14)9-4-12/h4,6H,2-3H2,1H3,(H,9,12)(H,13,14). The zero-order chi connectivity index (χ0) is 12.0. The summed E-state index contributed by atoms with van der Waals surface area (Å²) in [4.78, 5) is 24.7. The number of thioether (sulfide) groups is 1. The summed E-state index contributed by atoms with van der Waals surface area (Å²) in [5.74, 6) is 0.580. The van der Waals surface area contributed by atoms with Gasteiger partial charge in [0.05, 0.1) is 5.75 Å². The van der Waals surface area contributed by atoms with Crippen molar-refractivity contribution in [2.75, 3.05) is 5.75 Å². The van der Waals surface area contributed by atoms with Crippen molar-refractivity contribution in [2.24, 2.45) is 0 Å². The van der Waals surface area contributed by atoms with Gasteiger partial charge in [-0.2, -0.15) is 4.98 Å². The first-order chi connectivity index (χ1) is 7.63. The molecule has 1 atom stereocenters. The highest BCUT2D eigenvalue weighted by Crippen LogP contribution is 2.11. The molecular weight excluding hydrogens is 234 g/mol. The molecule has 1 amide bonds. The number of amides is 1. The lowest BCUT2D eigenvalue weighted by molar-refractivity contribution is -0.139. The van der Waals surface area contributed by atoms with Gasteiger partial charge in [0.25, 0.3) is 0 Å². The van der Waals surface area contributed by atoms with Crippen LogP contribution in [0.3, 0.4) is 0 Å². The van der Waals surface area contributed by atoms with Crippen LogP contribution in [0.2, 0.25) is 0 Å². The van der Waals surface area contributed by atoms with Gasteiger partial charge in [-0.05, 0) is 6.92 Å². The molecule has 1 heterocycles. The average molecular weight is 245 g/mol. The van der Waals surface area contributed by atoms with Crippen molar-refractivity contribution < 1.29 is 19.2 Å². The van der Waals surface area contributed by atoms with Crippen LogP contribution in [0.15, 0.2) is 4.52 Å². The van der Waals surface area contributed by atoms with E-state index in [2.05, 4.69) is 15.5 Å². The Kier molecular flexibility index (Phi) is 4.77. The summed E-state index contributed by atoms with van der Waals surface area (Å²) in [6, 6.07) is -0.897. The lowest BCUT2D eigenvalue weighted by Gasteiger charge is -2.08. The van der Waals surface area contributed by atoms with Crippen LogP contribution in [-0.4, -0.2) is 39.4 Å². The van der Waals surface area contributed by atoms with Crippen molar-refractivity contribution in [2.45, 2.75) is 18.7 Å². The van der Waals surface area contributed by atoms with Crippen LogP contribution in [0.1, 0.15) is 11.7 Å². The van der Waals surface area contributed by atoms with Crippen molar-refractivity contribution in [3.8, 4) is 0 Å². The number of hydrogen-bond donors (Lipinski definition) is 2. The number of carbonyl (C=O) groups is 2. The number of carboxylic acids is 1. The third kappa shape index (κ3) is 3.89. The molecule has 0 bridgehead atoms. The highest BCUT2D eigenvalue weighted by Gasteiger charge is 2.16. The number of rotatable bonds is 7. The van der Waals surface area contributed by atoms with Gasteiger partial charge < -0.3 is 14.9 Å². The quantitative estimate of drug-likeness (QED) is 0.641. The van der Waals surface area contributed by atoms with Crippen molar-refractivity contribution in [1.29, 1.82) is 0 Å². The molecule has 0 radical (unpaired) electrons. The Labute approximate surface area is 95.6 Å². The fraction of sp³-hybridized carbons (Fsp3) is 0.500. The summed E-state index contributed by atoms with van der Waals surface area (Å²) in [5.41, 5.74) is 0. The van der Waals surface area contributed by atoms with Gasteiger partial charge in [-0.3, -0.25) is 4.79 Å². The molecule has 1 aromatic heterocycles. The fourth-order valence-corrected chi connectivity index (χ4v) is 1.82. The van der Waals surface area contributed by atoms with Gasteiger partial charge >= 0.3 is 5.97 Å². The molecule has 1 rings (SSSR count). The highest BCUT2D eigenvalue weighted by atomic mass is 32.2. The van der Waals surface area contributed by atoms with Gasteiger partial charge in [0.2, 0.25) is 12.3 Å². The normalized spacial score (nSPS) is 12.1. The number of aryl methyl sites for hydroxylation is 1. The van der Waals surface area contributed by atoms with E-state index in [1.54, 1.807) is 6.92 Å². The molecule has 0 saturated heterocycles. The van der Waals surface area contributed by atoms with Gasteiger partial charge in [0, 0.05) is 5.75 Å². The first-order valence-electron chi connectivity index (χ1n) is 4.43. The molecule has 0 aliphatic carbocycles. The summed E-state index contributed by atoms with van der Waals surface area (Å²) in [6.07, 6.45) is 0.371. The van der Waals surface area contributed by atoms with E-state index in [-0.39, 0.29) is 5.75 Å². The van der Waals surface area contributed by atoms with Gasteiger partial charge in [-0.1, -0.05) is 5.16 Å². The molecule has 0 fully saturated rings. The Balaban J connectivity index is 2.33. The maximum Gasteiger partial charge on any atom is 0.327 e. The Hall–Kier alpha value is -1.57. The lowest BCUT2D eigenvalue weighted by Crippen LogP contribution is -2.37. The van der Waals surface area contributed by atoms with E-state index in [9.17, 15) is 9.59 Å². The number of nitrogens with zero attached hydrogens (tertiary/aromatic N) is 2. The molecule has 1 unspecified atom stereocenters. The lowest BCUT2D eigenvalue weighted by atomic mass is 10.3. The van der Waals surface area contributed by atoms with E-state index < -0.39 is 12.0 Å². The van der Waals surface area contributed by atoms with Crippen LogP contribution in [0.4, 0.5) is 0 Å². The van der Waals surface area contributed by atoms with E-state index in [0.29, 0.717) is 23.9 Å². The van der Waals surface area contributed by atoms with Crippen molar-refractivity contribution in [3.05, 3.63) is 11.7 Å². The molecule has 2 N–H and O–H groups in total. The molecule has 88 valence electrons. The van der Waals surface area contributed by atoms with Crippen molar-refractivity contribution in [1.82, 2.24) is 15.5 Å². The molecular formula is C8H11N3O4S. The summed E-state index contributed by atoms with van der Waals surface area (Å²) in [6.45, 7) is 1.70. The maximum absolute atomic E-state index is 10.6. The predicted molar refractivity (Wildman–Crippen MR) is 55.8 cm³/mol. The number of carbonyl (C=O) groups excluding carboxylic acids is 1. The highest BCUT2D eigenvalue weighted by molar-refractivity contribution is 7.98. The number of carboxylic acid groups (broad SMARTS) is 1. The maximum atomic E-state index is 10.6. The molecule has 0 aromatic carbocycles. The molecule has 7 nitrogen and oxygen atoms in total. The molecule has 0 aliphatic rings. The molecule has 0 aliphatic heterocycles. The summed E-state index contributed by atoms with van der Waals surface area (Å²) in [5, 5.41) is 14.5. The summed E-state index contributed by atoms with van der Waals surface area (Å²) in [7, 11) is 0. The number of nitrogens with one attached hydrogen (secondary N) is 1. The molecule has 16 heavy (non-hydrogen) atoms. The Morgan fingerprint density at radius 2 is 2.50 bits per heavy atom. The Morgan fingerprint density at radius 3 is 3.00 bits per heavy atom. The first kappa shape index (κ1) is 12.5. The van der Waals surface area contributed by atoms with Crippen LogP contribution < -0.4 is 5.32 Å². The summed E-state index contributed by atoms with van der Waals surface area (Å²) < 4.78 is 4.85. The predicted octanol–water partition coefficient (Wildman–Crippen LogP) is -0.190. The summed E-state index contributed by atoms with van der Waals surface area (Å²) >= 11 is 1.30. The third-order valence-electron chi connectivity index (χ3n) is 1.65. The zero-order valence-electron chi connectivity index (χ0n) is 8.54. The van der Waals surface area contributed by atoms with Crippen LogP contribution in [0.5, 0.6) is 0 Å². The number of aromatic nitrogens is 2. The van der Waals surface area contributed by atoms with E-state index in [1.165, 1.54) is 11.8 Å². The van der Waals surface area contributed by atoms with Crippen LogP contribution in [0, 0.1) is 6.92 Å². The van der Waals surface area contributed by atoms with Crippen molar-refractivity contribution in [3.63, 3.8) is 0 Å². The topological polar surface area (TPSA) is 105 Å². The minimum Gasteiger partial charge on any atom is -0.480 e. The second-order valence-electron chi connectivity index (χ2n) is 2.93. The largest absolute Gasteiger partial charge is 0.480 e. The third-order valence-corrected chi connectivity index (χ3v) is 2.67. The van der Waals surface area contributed by atoms with E-state index >= 15 is 0 Å². The minimum absolute atomic E-state index is 0.246. The van der Waals surface area contributed by atoms with Crippen LogP contribution >= 0.6 is 11.8 Å². The second-order valence-corrected chi connectivity index (χ2v) is 3.96. The SMILES string of the molecule is Cc1noc(CSCC(NC=O)C(=O)O)n1. The second kappa shape index (κ2) is 6.11. The van der Waals surface area contributed by atoms with E-state index in [4.69, 9.17) is 9.63 Å². The van der Waals surface area contributed by atoms with Gasteiger partial charge in [-0.15, -0.1) is 11.8 Å². The smallest absolute Gasteiger partial charge is 0.327 e. The number of hydrogen-bond acceptors (Lipinski definition) is 6. The average Bonchev–Trinajstić information content (AvgIpc) is 2.63. The monoisotopic (exact) mass is 245 g/mol. The Morgan fingerprint density at radius 1 is 1.75 bits per heavy atom.